The third-order valence-electron chi connectivity index (χ3n) is 3.26. The molecule has 0 saturated carbocycles. The molecule has 1 aliphatic heterocycles. The molecule has 3 heterocycles. The van der Waals surface area contributed by atoms with Crippen LogP contribution in [-0.4, -0.2) is 22.0 Å². The van der Waals surface area contributed by atoms with Gasteiger partial charge in [-0.25, -0.2) is 4.39 Å². The quantitative estimate of drug-likeness (QED) is 0.785. The molecule has 0 radical (unpaired) electrons. The number of fused-ring (bicyclic) bond motifs is 1. The zero-order valence-corrected chi connectivity index (χ0v) is 10.8. The number of ether oxygens (including phenoxy) is 2. The number of benzene rings is 1. The van der Waals surface area contributed by atoms with Crippen LogP contribution < -0.4 is 9.47 Å². The molecule has 5 nitrogen and oxygen atoms in total. The lowest BCUT2D eigenvalue weighted by molar-refractivity contribution is 0.174. The second-order valence-electron chi connectivity index (χ2n) is 4.63. The largest absolute Gasteiger partial charge is 0.454 e. The summed E-state index contributed by atoms with van der Waals surface area (Å²) in [5, 5.41) is 7.13. The summed E-state index contributed by atoms with van der Waals surface area (Å²) < 4.78 is 23.8. The van der Waals surface area contributed by atoms with Gasteiger partial charge >= 0.3 is 0 Å². The molecule has 1 aromatic carbocycles. The number of aromatic amines is 1. The van der Waals surface area contributed by atoms with Gasteiger partial charge in [-0.2, -0.15) is 5.10 Å². The van der Waals surface area contributed by atoms with E-state index in [0.717, 1.165) is 17.0 Å². The van der Waals surface area contributed by atoms with Gasteiger partial charge in [0.15, 0.2) is 11.5 Å². The zero-order valence-electron chi connectivity index (χ0n) is 10.8. The van der Waals surface area contributed by atoms with Gasteiger partial charge < -0.3 is 9.47 Å². The summed E-state index contributed by atoms with van der Waals surface area (Å²) >= 11 is 0. The van der Waals surface area contributed by atoms with Gasteiger partial charge in [0.2, 0.25) is 6.79 Å². The van der Waals surface area contributed by atoms with Crippen molar-refractivity contribution in [3.8, 4) is 34.0 Å². The van der Waals surface area contributed by atoms with Crippen LogP contribution >= 0.6 is 0 Å². The maximum atomic E-state index is 13.2. The Labute approximate surface area is 119 Å². The first-order chi connectivity index (χ1) is 10.3. The predicted molar refractivity (Wildman–Crippen MR) is 73.3 cm³/mol. The lowest BCUT2D eigenvalue weighted by atomic mass is 10.1. The minimum atomic E-state index is -0.383. The van der Waals surface area contributed by atoms with Crippen molar-refractivity contribution in [2.75, 3.05) is 6.79 Å². The minimum absolute atomic E-state index is 0.236. The van der Waals surface area contributed by atoms with E-state index < -0.39 is 0 Å². The second kappa shape index (κ2) is 4.59. The normalized spacial score (nSPS) is 12.6. The van der Waals surface area contributed by atoms with E-state index in [1.165, 1.54) is 12.3 Å². The van der Waals surface area contributed by atoms with Crippen molar-refractivity contribution in [1.82, 2.24) is 15.2 Å². The van der Waals surface area contributed by atoms with Gasteiger partial charge in [0.05, 0.1) is 17.6 Å². The predicted octanol–water partition coefficient (Wildman–Crippen LogP) is 3.01. The van der Waals surface area contributed by atoms with E-state index in [0.29, 0.717) is 17.0 Å². The van der Waals surface area contributed by atoms with Crippen LogP contribution in [-0.2, 0) is 0 Å². The molecule has 0 atom stereocenters. The van der Waals surface area contributed by atoms with Crippen molar-refractivity contribution >= 4 is 0 Å². The SMILES string of the molecule is Fc1cncc(-c2cc(-c3ccc4c(c3)OCO4)n[nH]2)c1. The first-order valence-electron chi connectivity index (χ1n) is 6.36. The van der Waals surface area contributed by atoms with Crippen LogP contribution in [0.1, 0.15) is 0 Å². The van der Waals surface area contributed by atoms with Crippen molar-refractivity contribution in [3.05, 3.63) is 48.5 Å². The monoisotopic (exact) mass is 283 g/mol. The fourth-order valence-electron chi connectivity index (χ4n) is 2.23. The Hall–Kier alpha value is -2.89. The average molecular weight is 283 g/mol. The molecule has 0 saturated heterocycles. The van der Waals surface area contributed by atoms with Gasteiger partial charge in [-0.15, -0.1) is 0 Å². The third kappa shape index (κ3) is 2.10. The molecular weight excluding hydrogens is 273 g/mol. The molecule has 3 aromatic rings. The molecule has 2 aromatic heterocycles. The van der Waals surface area contributed by atoms with Crippen LogP contribution in [0.3, 0.4) is 0 Å². The molecule has 21 heavy (non-hydrogen) atoms. The molecule has 4 rings (SSSR count). The standard InChI is InChI=1S/C15H10FN3O2/c16-11-3-10(6-17-7-11)13-5-12(18-19-13)9-1-2-14-15(4-9)21-8-20-14/h1-7H,8H2,(H,18,19). The molecule has 0 unspecified atom stereocenters. The Morgan fingerprint density at radius 2 is 1.90 bits per heavy atom. The van der Waals surface area contributed by atoms with Crippen molar-refractivity contribution in [2.45, 2.75) is 0 Å². The molecule has 0 bridgehead atoms. The molecule has 0 aliphatic carbocycles. The van der Waals surface area contributed by atoms with Crippen LogP contribution in [0.4, 0.5) is 4.39 Å². The van der Waals surface area contributed by atoms with Gasteiger partial charge in [0, 0.05) is 17.3 Å². The Morgan fingerprint density at radius 1 is 1.00 bits per heavy atom. The zero-order chi connectivity index (χ0) is 14.2. The highest BCUT2D eigenvalue weighted by Crippen LogP contribution is 2.36. The van der Waals surface area contributed by atoms with E-state index in [9.17, 15) is 4.39 Å². The Balaban J connectivity index is 1.71. The van der Waals surface area contributed by atoms with E-state index in [1.54, 1.807) is 6.20 Å². The van der Waals surface area contributed by atoms with Gasteiger partial charge in [-0.05, 0) is 30.3 Å². The number of nitrogens with zero attached hydrogens (tertiary/aromatic N) is 2. The fraction of sp³-hybridized carbons (Fsp3) is 0.0667. The van der Waals surface area contributed by atoms with Crippen LogP contribution in [0.2, 0.25) is 0 Å². The number of hydrogen-bond acceptors (Lipinski definition) is 4. The average Bonchev–Trinajstić information content (AvgIpc) is 3.15. The maximum absolute atomic E-state index is 13.2. The number of pyridine rings is 1. The van der Waals surface area contributed by atoms with Crippen molar-refractivity contribution in [3.63, 3.8) is 0 Å². The van der Waals surface area contributed by atoms with Gasteiger partial charge in [0.1, 0.15) is 5.82 Å². The first kappa shape index (κ1) is 11.9. The van der Waals surface area contributed by atoms with Crippen molar-refractivity contribution < 1.29 is 13.9 Å². The van der Waals surface area contributed by atoms with E-state index in [4.69, 9.17) is 9.47 Å². The molecule has 6 heteroatoms. The highest BCUT2D eigenvalue weighted by molar-refractivity contribution is 5.69. The second-order valence-corrected chi connectivity index (χ2v) is 4.63. The number of nitrogens with one attached hydrogen (secondary N) is 1. The third-order valence-corrected chi connectivity index (χ3v) is 3.26. The van der Waals surface area contributed by atoms with E-state index >= 15 is 0 Å². The van der Waals surface area contributed by atoms with E-state index in [-0.39, 0.29) is 12.6 Å². The smallest absolute Gasteiger partial charge is 0.231 e. The molecule has 1 aliphatic rings. The summed E-state index contributed by atoms with van der Waals surface area (Å²) in [6, 6.07) is 8.86. The van der Waals surface area contributed by atoms with Crippen LogP contribution in [0.5, 0.6) is 11.5 Å². The van der Waals surface area contributed by atoms with Gasteiger partial charge in [-0.1, -0.05) is 0 Å². The first-order valence-corrected chi connectivity index (χ1v) is 6.36. The Bertz CT molecular complexity index is 816. The summed E-state index contributed by atoms with van der Waals surface area (Å²) in [7, 11) is 0. The number of halogens is 1. The van der Waals surface area contributed by atoms with Crippen molar-refractivity contribution in [1.29, 1.82) is 0 Å². The summed E-state index contributed by atoms with van der Waals surface area (Å²) in [5.41, 5.74) is 2.99. The molecule has 0 fully saturated rings. The molecule has 0 amide bonds. The summed E-state index contributed by atoms with van der Waals surface area (Å²) in [5.74, 6) is 1.04. The van der Waals surface area contributed by atoms with Crippen LogP contribution in [0, 0.1) is 5.82 Å². The van der Waals surface area contributed by atoms with E-state index in [1.807, 2.05) is 24.3 Å². The van der Waals surface area contributed by atoms with Crippen molar-refractivity contribution in [2.24, 2.45) is 0 Å². The summed E-state index contributed by atoms with van der Waals surface area (Å²) in [4.78, 5) is 3.83. The van der Waals surface area contributed by atoms with Crippen LogP contribution in [0.15, 0.2) is 42.7 Å². The number of rotatable bonds is 2. The minimum Gasteiger partial charge on any atom is -0.454 e. The highest BCUT2D eigenvalue weighted by atomic mass is 19.1. The molecular formula is C15H10FN3O2. The fourth-order valence-corrected chi connectivity index (χ4v) is 2.23. The lowest BCUT2D eigenvalue weighted by Gasteiger charge is -1.99. The van der Waals surface area contributed by atoms with E-state index in [2.05, 4.69) is 15.2 Å². The number of hydrogen-bond donors (Lipinski definition) is 1. The Kier molecular flexibility index (Phi) is 2.60. The highest BCUT2D eigenvalue weighted by Gasteiger charge is 2.15. The Morgan fingerprint density at radius 3 is 2.81 bits per heavy atom. The molecule has 1 N–H and O–H groups in total. The maximum Gasteiger partial charge on any atom is 0.231 e. The number of H-pyrrole nitrogens is 1. The van der Waals surface area contributed by atoms with Gasteiger partial charge in [-0.3, -0.25) is 10.1 Å². The van der Waals surface area contributed by atoms with Gasteiger partial charge in [0.25, 0.3) is 0 Å². The topological polar surface area (TPSA) is 60.0 Å². The molecule has 104 valence electrons. The summed E-state index contributed by atoms with van der Waals surface area (Å²) in [6.45, 7) is 0.236. The van der Waals surface area contributed by atoms with Crippen LogP contribution in [0.25, 0.3) is 22.5 Å². The number of aromatic nitrogens is 3. The summed E-state index contributed by atoms with van der Waals surface area (Å²) in [6.07, 6.45) is 2.75. The lowest BCUT2D eigenvalue weighted by Crippen LogP contribution is -1.92. The molecule has 0 spiro atoms.